The largest absolute Gasteiger partial charge is 0.495 e. The van der Waals surface area contributed by atoms with Crippen molar-refractivity contribution in [3.63, 3.8) is 0 Å². The van der Waals surface area contributed by atoms with E-state index in [1.807, 2.05) is 85.1 Å². The first-order valence-electron chi connectivity index (χ1n) is 12.7. The predicted octanol–water partition coefficient (Wildman–Crippen LogP) is 7.99. The normalized spacial score (nSPS) is 11.2. The molecule has 0 aliphatic heterocycles. The number of nitrogens with one attached hydrogen (secondary N) is 3. The second kappa shape index (κ2) is 10.8. The monoisotopic (exact) mass is 517 g/mol. The number of fused-ring (bicyclic) bond motifs is 1. The van der Waals surface area contributed by atoms with Gasteiger partial charge >= 0.3 is 6.03 Å². The van der Waals surface area contributed by atoms with E-state index in [9.17, 15) is 4.79 Å². The van der Waals surface area contributed by atoms with Crippen molar-refractivity contribution in [3.8, 4) is 16.9 Å². The second-order valence-electron chi connectivity index (χ2n) is 10.2. The number of nitrogens with zero attached hydrogens (tertiary/aromatic N) is 2. The van der Waals surface area contributed by atoms with E-state index in [2.05, 4.69) is 46.7 Å². The molecule has 0 aliphatic rings. The van der Waals surface area contributed by atoms with E-state index in [1.165, 1.54) is 0 Å². The highest BCUT2D eigenvalue weighted by Crippen LogP contribution is 2.35. The van der Waals surface area contributed by atoms with Gasteiger partial charge in [-0.2, -0.15) is 0 Å². The summed E-state index contributed by atoms with van der Waals surface area (Å²) < 4.78 is 5.48. The fraction of sp³-hybridized carbons (Fsp3) is 0.156. The summed E-state index contributed by atoms with van der Waals surface area (Å²) >= 11 is 0. The van der Waals surface area contributed by atoms with Gasteiger partial charge in [-0.15, -0.1) is 0 Å². The Hall–Kier alpha value is -4.91. The number of carbonyl (C=O) groups excluding carboxylic acids is 1. The Morgan fingerprint density at radius 1 is 0.821 bits per heavy atom. The number of ether oxygens (including phenoxy) is 1. The van der Waals surface area contributed by atoms with Gasteiger partial charge in [-0.05, 0) is 64.4 Å². The van der Waals surface area contributed by atoms with Gasteiger partial charge in [0.05, 0.1) is 30.4 Å². The number of amides is 2. The first kappa shape index (κ1) is 25.7. The average Bonchev–Trinajstić information content (AvgIpc) is 2.94. The molecule has 5 aromatic rings. The van der Waals surface area contributed by atoms with E-state index in [1.54, 1.807) is 19.5 Å². The molecule has 2 amide bonds. The van der Waals surface area contributed by atoms with Gasteiger partial charge in [0.25, 0.3) is 0 Å². The molecule has 3 N–H and O–H groups in total. The number of pyridine rings is 2. The van der Waals surface area contributed by atoms with E-state index in [-0.39, 0.29) is 11.4 Å². The minimum Gasteiger partial charge on any atom is -0.495 e. The topological polar surface area (TPSA) is 88.2 Å². The van der Waals surface area contributed by atoms with Gasteiger partial charge in [0.1, 0.15) is 11.6 Å². The van der Waals surface area contributed by atoms with Crippen molar-refractivity contribution in [3.05, 3.63) is 103 Å². The number of carbonyl (C=O) groups is 1. The van der Waals surface area contributed by atoms with Gasteiger partial charge in [-0.3, -0.25) is 4.98 Å². The summed E-state index contributed by atoms with van der Waals surface area (Å²) in [6.45, 7) is 6.39. The Labute approximate surface area is 228 Å². The van der Waals surface area contributed by atoms with Crippen molar-refractivity contribution in [1.29, 1.82) is 0 Å². The molecule has 0 spiro atoms. The standard InChI is InChI=1S/C32H31N5O2/c1-32(2,3)22-12-15-29(39-4)28(18-22)37-31(38)36-27-14-13-24(25-9-5-6-10-26(25)27)21-11-16-30(34-19-21)35-23-8-7-17-33-20-23/h5-20H,1-4H3,(H,34,35)(H2,36,37,38). The van der Waals surface area contributed by atoms with Crippen LogP contribution >= 0.6 is 0 Å². The average molecular weight is 518 g/mol. The molecular formula is C32H31N5O2. The summed E-state index contributed by atoms with van der Waals surface area (Å²) in [7, 11) is 1.59. The summed E-state index contributed by atoms with van der Waals surface area (Å²) in [5.74, 6) is 1.34. The number of anilines is 4. The molecule has 39 heavy (non-hydrogen) atoms. The van der Waals surface area contributed by atoms with Gasteiger partial charge in [0, 0.05) is 23.3 Å². The van der Waals surface area contributed by atoms with Crippen molar-refractivity contribution in [2.24, 2.45) is 0 Å². The molecule has 0 atom stereocenters. The molecular weight excluding hydrogens is 486 g/mol. The van der Waals surface area contributed by atoms with Crippen LogP contribution in [-0.4, -0.2) is 23.1 Å². The summed E-state index contributed by atoms with van der Waals surface area (Å²) in [5.41, 5.74) is 5.24. The van der Waals surface area contributed by atoms with E-state index in [0.717, 1.165) is 39.0 Å². The lowest BCUT2D eigenvalue weighted by atomic mass is 9.87. The smallest absolute Gasteiger partial charge is 0.323 e. The number of hydrogen-bond acceptors (Lipinski definition) is 5. The number of urea groups is 1. The molecule has 3 aromatic carbocycles. The molecule has 2 heterocycles. The van der Waals surface area contributed by atoms with E-state index >= 15 is 0 Å². The van der Waals surface area contributed by atoms with Gasteiger partial charge in [-0.25, -0.2) is 9.78 Å². The van der Waals surface area contributed by atoms with Crippen LogP contribution in [0.3, 0.4) is 0 Å². The van der Waals surface area contributed by atoms with Gasteiger partial charge < -0.3 is 20.7 Å². The van der Waals surface area contributed by atoms with Crippen molar-refractivity contribution in [2.45, 2.75) is 26.2 Å². The molecule has 0 radical (unpaired) electrons. The highest BCUT2D eigenvalue weighted by atomic mass is 16.5. The second-order valence-corrected chi connectivity index (χ2v) is 10.2. The highest BCUT2D eigenvalue weighted by Gasteiger charge is 2.18. The van der Waals surface area contributed by atoms with Crippen LogP contribution in [0.1, 0.15) is 26.3 Å². The molecule has 196 valence electrons. The van der Waals surface area contributed by atoms with Crippen LogP contribution in [0.2, 0.25) is 0 Å². The van der Waals surface area contributed by atoms with Crippen LogP contribution in [0.15, 0.2) is 97.5 Å². The minimum absolute atomic E-state index is 0.0624. The van der Waals surface area contributed by atoms with Crippen molar-refractivity contribution < 1.29 is 9.53 Å². The quantitative estimate of drug-likeness (QED) is 0.212. The maximum Gasteiger partial charge on any atom is 0.323 e. The molecule has 0 unspecified atom stereocenters. The lowest BCUT2D eigenvalue weighted by molar-refractivity contribution is 0.262. The maximum atomic E-state index is 13.1. The van der Waals surface area contributed by atoms with Crippen LogP contribution in [0.4, 0.5) is 27.7 Å². The lowest BCUT2D eigenvalue weighted by Gasteiger charge is -2.21. The molecule has 7 nitrogen and oxygen atoms in total. The first-order chi connectivity index (χ1) is 18.8. The Bertz CT molecular complexity index is 1610. The van der Waals surface area contributed by atoms with E-state index in [0.29, 0.717) is 17.1 Å². The van der Waals surface area contributed by atoms with Gasteiger partial charge in [0.2, 0.25) is 0 Å². The number of aromatic nitrogens is 2. The summed E-state index contributed by atoms with van der Waals surface area (Å²) in [6, 6.07) is 25.2. The van der Waals surface area contributed by atoms with Crippen molar-refractivity contribution in [1.82, 2.24) is 9.97 Å². The van der Waals surface area contributed by atoms with Crippen LogP contribution in [0, 0.1) is 0 Å². The molecule has 0 saturated carbocycles. The SMILES string of the molecule is COc1ccc(C(C)(C)C)cc1NC(=O)Nc1ccc(-c2ccc(Nc3cccnc3)nc2)c2ccccc12. The zero-order valence-corrected chi connectivity index (χ0v) is 22.4. The van der Waals surface area contributed by atoms with Crippen LogP contribution in [0.5, 0.6) is 5.75 Å². The minimum atomic E-state index is -0.343. The van der Waals surface area contributed by atoms with E-state index in [4.69, 9.17) is 4.74 Å². The summed E-state index contributed by atoms with van der Waals surface area (Å²) in [5, 5.41) is 11.2. The Morgan fingerprint density at radius 2 is 1.62 bits per heavy atom. The van der Waals surface area contributed by atoms with Gasteiger partial charge in [-0.1, -0.05) is 57.2 Å². The van der Waals surface area contributed by atoms with Crippen LogP contribution in [0.25, 0.3) is 21.9 Å². The Kier molecular flexibility index (Phi) is 7.14. The van der Waals surface area contributed by atoms with E-state index < -0.39 is 0 Å². The number of hydrogen-bond donors (Lipinski definition) is 3. The summed E-state index contributed by atoms with van der Waals surface area (Å²) in [6.07, 6.45) is 5.33. The van der Waals surface area contributed by atoms with Crippen molar-refractivity contribution in [2.75, 3.05) is 23.1 Å². The molecule has 0 saturated heterocycles. The number of benzene rings is 3. The van der Waals surface area contributed by atoms with Crippen LogP contribution < -0.4 is 20.7 Å². The Balaban J connectivity index is 1.39. The molecule has 7 heteroatoms. The fourth-order valence-electron chi connectivity index (χ4n) is 4.42. The number of methoxy groups -OCH3 is 1. The number of rotatable bonds is 6. The molecule has 0 bridgehead atoms. The zero-order valence-electron chi connectivity index (χ0n) is 22.4. The maximum absolute atomic E-state index is 13.1. The van der Waals surface area contributed by atoms with Crippen LogP contribution in [-0.2, 0) is 5.41 Å². The summed E-state index contributed by atoms with van der Waals surface area (Å²) in [4.78, 5) is 21.8. The molecule has 5 rings (SSSR count). The third-order valence-corrected chi connectivity index (χ3v) is 6.49. The first-order valence-corrected chi connectivity index (χ1v) is 12.7. The zero-order chi connectivity index (χ0) is 27.4. The Morgan fingerprint density at radius 3 is 2.31 bits per heavy atom. The van der Waals surface area contributed by atoms with Crippen molar-refractivity contribution >= 4 is 39.7 Å². The highest BCUT2D eigenvalue weighted by molar-refractivity contribution is 6.10. The molecule has 0 aliphatic carbocycles. The third-order valence-electron chi connectivity index (χ3n) is 6.49. The van der Waals surface area contributed by atoms with Gasteiger partial charge in [0.15, 0.2) is 0 Å². The third kappa shape index (κ3) is 5.83. The predicted molar refractivity (Wildman–Crippen MR) is 159 cm³/mol. The molecule has 0 fully saturated rings. The lowest BCUT2D eigenvalue weighted by Crippen LogP contribution is -2.21. The fourth-order valence-corrected chi connectivity index (χ4v) is 4.42. The molecule has 2 aromatic heterocycles.